The van der Waals surface area contributed by atoms with E-state index in [4.69, 9.17) is 9.15 Å². The highest BCUT2D eigenvalue weighted by atomic mass is 16.5. The smallest absolute Gasteiger partial charge is 0.252 e. The molecule has 3 aromatic rings. The van der Waals surface area contributed by atoms with E-state index >= 15 is 0 Å². The van der Waals surface area contributed by atoms with Crippen LogP contribution in [0.4, 0.5) is 0 Å². The molecule has 5 nitrogen and oxygen atoms in total. The molecule has 3 heterocycles. The second-order valence-electron chi connectivity index (χ2n) is 6.33. The van der Waals surface area contributed by atoms with Crippen molar-refractivity contribution >= 4 is 16.8 Å². The Morgan fingerprint density at radius 1 is 1.28 bits per heavy atom. The molecule has 25 heavy (non-hydrogen) atoms. The lowest BCUT2D eigenvalue weighted by Gasteiger charge is -2.12. The predicted octanol–water partition coefficient (Wildman–Crippen LogP) is 3.71. The van der Waals surface area contributed by atoms with Crippen LogP contribution in [-0.4, -0.2) is 30.1 Å². The summed E-state index contributed by atoms with van der Waals surface area (Å²) in [7, 11) is 0. The van der Waals surface area contributed by atoms with Gasteiger partial charge < -0.3 is 14.5 Å². The number of para-hydroxylation sites is 1. The molecular formula is C20H20N2O3. The first-order valence-electron chi connectivity index (χ1n) is 8.57. The minimum atomic E-state index is -0.112. The van der Waals surface area contributed by atoms with E-state index in [0.717, 1.165) is 36.1 Å². The lowest BCUT2D eigenvalue weighted by atomic mass is 10.1. The Bertz CT molecular complexity index is 910. The molecule has 0 aliphatic carbocycles. The number of hydrogen-bond donors (Lipinski definition) is 1. The van der Waals surface area contributed by atoms with E-state index in [1.165, 1.54) is 0 Å². The van der Waals surface area contributed by atoms with Crippen LogP contribution in [0.2, 0.25) is 0 Å². The third-order valence-corrected chi connectivity index (χ3v) is 4.47. The number of nitrogens with one attached hydrogen (secondary N) is 1. The topological polar surface area (TPSA) is 64.4 Å². The number of nitrogens with zero attached hydrogens (tertiary/aromatic N) is 1. The van der Waals surface area contributed by atoms with Gasteiger partial charge in [-0.1, -0.05) is 18.2 Å². The Morgan fingerprint density at radius 3 is 2.92 bits per heavy atom. The normalized spacial score (nSPS) is 17.1. The maximum Gasteiger partial charge on any atom is 0.252 e. The van der Waals surface area contributed by atoms with Gasteiger partial charge in [0.25, 0.3) is 5.91 Å². The SMILES string of the molecule is Cc1ccc(-c2cc(C(=O)NC[C@H]3CCCO3)c3ccccc3n2)o1. The number of ether oxygens (including phenoxy) is 1. The van der Waals surface area contributed by atoms with Gasteiger partial charge in [-0.2, -0.15) is 0 Å². The first-order valence-corrected chi connectivity index (χ1v) is 8.57. The number of pyridine rings is 1. The predicted molar refractivity (Wildman–Crippen MR) is 95.5 cm³/mol. The molecule has 0 saturated carbocycles. The lowest BCUT2D eigenvalue weighted by Crippen LogP contribution is -2.31. The minimum Gasteiger partial charge on any atom is -0.460 e. The van der Waals surface area contributed by atoms with E-state index in [2.05, 4.69) is 10.3 Å². The summed E-state index contributed by atoms with van der Waals surface area (Å²) in [6.45, 7) is 3.20. The molecule has 0 spiro atoms. The van der Waals surface area contributed by atoms with Crippen LogP contribution in [-0.2, 0) is 4.74 Å². The fourth-order valence-corrected chi connectivity index (χ4v) is 3.17. The van der Waals surface area contributed by atoms with Gasteiger partial charge in [-0.15, -0.1) is 0 Å². The maximum absolute atomic E-state index is 12.8. The van der Waals surface area contributed by atoms with Gasteiger partial charge in [0.15, 0.2) is 5.76 Å². The summed E-state index contributed by atoms with van der Waals surface area (Å²) in [5, 5.41) is 3.83. The third-order valence-electron chi connectivity index (χ3n) is 4.47. The highest BCUT2D eigenvalue weighted by Crippen LogP contribution is 2.26. The maximum atomic E-state index is 12.8. The third kappa shape index (κ3) is 3.28. The number of furan rings is 1. The van der Waals surface area contributed by atoms with Gasteiger partial charge in [0, 0.05) is 18.5 Å². The van der Waals surface area contributed by atoms with Crippen LogP contribution in [0.15, 0.2) is 46.9 Å². The number of aryl methyl sites for hydroxylation is 1. The molecule has 1 fully saturated rings. The van der Waals surface area contributed by atoms with Gasteiger partial charge in [0.1, 0.15) is 11.5 Å². The highest BCUT2D eigenvalue weighted by molar-refractivity contribution is 6.07. The largest absolute Gasteiger partial charge is 0.460 e. The van der Waals surface area contributed by atoms with E-state index in [0.29, 0.717) is 23.6 Å². The fourth-order valence-electron chi connectivity index (χ4n) is 3.17. The molecule has 1 saturated heterocycles. The van der Waals surface area contributed by atoms with E-state index in [9.17, 15) is 4.79 Å². The number of aromatic nitrogens is 1. The van der Waals surface area contributed by atoms with Gasteiger partial charge in [-0.05, 0) is 44.0 Å². The number of amides is 1. The van der Waals surface area contributed by atoms with Gasteiger partial charge in [0.2, 0.25) is 0 Å². The number of carbonyl (C=O) groups excluding carboxylic acids is 1. The monoisotopic (exact) mass is 336 g/mol. The van der Waals surface area contributed by atoms with Crippen LogP contribution in [0.3, 0.4) is 0 Å². The number of fused-ring (bicyclic) bond motifs is 1. The molecule has 1 atom stereocenters. The molecule has 0 bridgehead atoms. The van der Waals surface area contributed by atoms with Crippen LogP contribution >= 0.6 is 0 Å². The molecule has 1 aliphatic heterocycles. The minimum absolute atomic E-state index is 0.112. The number of carbonyl (C=O) groups is 1. The zero-order valence-electron chi connectivity index (χ0n) is 14.1. The Balaban J connectivity index is 1.69. The molecular weight excluding hydrogens is 316 g/mol. The summed E-state index contributed by atoms with van der Waals surface area (Å²) in [6.07, 6.45) is 2.17. The summed E-state index contributed by atoms with van der Waals surface area (Å²) in [5.41, 5.74) is 2.04. The lowest BCUT2D eigenvalue weighted by molar-refractivity contribution is 0.0859. The molecule has 5 heteroatoms. The van der Waals surface area contributed by atoms with Crippen molar-refractivity contribution in [2.45, 2.75) is 25.9 Å². The second-order valence-corrected chi connectivity index (χ2v) is 6.33. The van der Waals surface area contributed by atoms with E-state index in [-0.39, 0.29) is 12.0 Å². The Labute approximate surface area is 146 Å². The fraction of sp³-hybridized carbons (Fsp3) is 0.300. The summed E-state index contributed by atoms with van der Waals surface area (Å²) in [6, 6.07) is 13.2. The standard InChI is InChI=1S/C20H20N2O3/c1-13-8-9-19(25-13)18-11-16(15-6-2-3-7-17(15)22-18)20(23)21-12-14-5-4-10-24-14/h2-3,6-9,11,14H,4-5,10,12H2,1H3,(H,21,23)/t14-/m1/s1. The van der Waals surface area contributed by atoms with Gasteiger partial charge in [-0.25, -0.2) is 4.98 Å². The van der Waals surface area contributed by atoms with Gasteiger partial charge in [0.05, 0.1) is 17.2 Å². The van der Waals surface area contributed by atoms with Gasteiger partial charge in [-0.3, -0.25) is 4.79 Å². The molecule has 2 aromatic heterocycles. The van der Waals surface area contributed by atoms with Crippen molar-refractivity contribution in [1.82, 2.24) is 10.3 Å². The van der Waals surface area contributed by atoms with Crippen LogP contribution in [0.25, 0.3) is 22.4 Å². The van der Waals surface area contributed by atoms with Crippen molar-refractivity contribution < 1.29 is 13.9 Å². The Morgan fingerprint density at radius 2 is 2.16 bits per heavy atom. The first-order chi connectivity index (χ1) is 12.2. The summed E-state index contributed by atoms with van der Waals surface area (Å²) in [5.74, 6) is 1.37. The highest BCUT2D eigenvalue weighted by Gasteiger charge is 2.19. The van der Waals surface area contributed by atoms with Crippen LogP contribution < -0.4 is 5.32 Å². The van der Waals surface area contributed by atoms with Crippen LogP contribution in [0.1, 0.15) is 29.0 Å². The molecule has 1 aliphatic rings. The van der Waals surface area contributed by atoms with Crippen molar-refractivity contribution in [2.75, 3.05) is 13.2 Å². The van der Waals surface area contributed by atoms with Crippen LogP contribution in [0.5, 0.6) is 0 Å². The van der Waals surface area contributed by atoms with Crippen molar-refractivity contribution in [3.8, 4) is 11.5 Å². The molecule has 128 valence electrons. The van der Waals surface area contributed by atoms with E-state index in [1.54, 1.807) is 6.07 Å². The Kier molecular flexibility index (Phi) is 4.24. The van der Waals surface area contributed by atoms with Gasteiger partial charge >= 0.3 is 0 Å². The van der Waals surface area contributed by atoms with Crippen molar-refractivity contribution in [2.24, 2.45) is 0 Å². The van der Waals surface area contributed by atoms with E-state index < -0.39 is 0 Å². The zero-order valence-corrected chi connectivity index (χ0v) is 14.1. The summed E-state index contributed by atoms with van der Waals surface area (Å²) >= 11 is 0. The first kappa shape index (κ1) is 15.8. The molecule has 1 N–H and O–H groups in total. The van der Waals surface area contributed by atoms with Crippen LogP contribution in [0, 0.1) is 6.92 Å². The molecule has 0 unspecified atom stereocenters. The summed E-state index contributed by atoms with van der Waals surface area (Å²) < 4.78 is 11.3. The molecule has 1 aromatic carbocycles. The number of hydrogen-bond acceptors (Lipinski definition) is 4. The van der Waals surface area contributed by atoms with Crippen molar-refractivity contribution in [3.05, 3.63) is 53.8 Å². The van der Waals surface area contributed by atoms with Crippen molar-refractivity contribution in [3.63, 3.8) is 0 Å². The average molecular weight is 336 g/mol. The quantitative estimate of drug-likeness (QED) is 0.789. The average Bonchev–Trinajstić information content (AvgIpc) is 3.30. The number of rotatable bonds is 4. The Hall–Kier alpha value is -2.66. The second kappa shape index (κ2) is 6.69. The van der Waals surface area contributed by atoms with E-state index in [1.807, 2.05) is 43.3 Å². The van der Waals surface area contributed by atoms with Crippen molar-refractivity contribution in [1.29, 1.82) is 0 Å². The molecule has 1 amide bonds. The molecule has 4 rings (SSSR count). The number of benzene rings is 1. The molecule has 0 radical (unpaired) electrons. The summed E-state index contributed by atoms with van der Waals surface area (Å²) in [4.78, 5) is 17.4. The zero-order chi connectivity index (χ0) is 17.2.